The van der Waals surface area contributed by atoms with Crippen molar-refractivity contribution in [1.29, 1.82) is 0 Å². The molecule has 5 nitrogen and oxygen atoms in total. The van der Waals surface area contributed by atoms with Crippen LogP contribution in [-0.2, 0) is 9.59 Å². The topological polar surface area (TPSA) is 83.6 Å². The highest BCUT2D eigenvalue weighted by atomic mass is 16.4. The number of amides is 1. The summed E-state index contributed by atoms with van der Waals surface area (Å²) in [5.74, 6) is -1.28. The maximum absolute atomic E-state index is 12.2. The predicted molar refractivity (Wildman–Crippen MR) is 64.4 cm³/mol. The summed E-state index contributed by atoms with van der Waals surface area (Å²) < 4.78 is 0. The average Bonchev–Trinajstić information content (AvgIpc) is 2.29. The summed E-state index contributed by atoms with van der Waals surface area (Å²) in [5, 5.41) is 9.03. The second kappa shape index (κ2) is 6.00. The van der Waals surface area contributed by atoms with Gasteiger partial charge >= 0.3 is 5.97 Å². The number of nitrogens with two attached hydrogens (primary N) is 1. The molecule has 0 aromatic carbocycles. The molecule has 0 bridgehead atoms. The fourth-order valence-corrected chi connectivity index (χ4v) is 2.50. The van der Waals surface area contributed by atoms with Crippen molar-refractivity contribution in [2.45, 2.75) is 51.1 Å². The molecule has 98 valence electrons. The van der Waals surface area contributed by atoms with Gasteiger partial charge in [-0.1, -0.05) is 19.8 Å². The Kier molecular flexibility index (Phi) is 4.93. The van der Waals surface area contributed by atoms with E-state index in [1.54, 1.807) is 14.0 Å². The molecule has 0 aromatic heterocycles. The molecule has 3 unspecified atom stereocenters. The van der Waals surface area contributed by atoms with Crippen LogP contribution in [0.15, 0.2) is 0 Å². The normalized spacial score (nSPS) is 26.3. The number of carboxylic acids is 1. The van der Waals surface area contributed by atoms with Gasteiger partial charge in [-0.2, -0.15) is 0 Å². The molecule has 0 saturated heterocycles. The van der Waals surface area contributed by atoms with E-state index in [0.717, 1.165) is 25.7 Å². The van der Waals surface area contributed by atoms with E-state index in [-0.39, 0.29) is 17.9 Å². The van der Waals surface area contributed by atoms with Crippen LogP contribution < -0.4 is 5.73 Å². The number of carbonyl (C=O) groups excluding carboxylic acids is 1. The zero-order valence-electron chi connectivity index (χ0n) is 10.6. The molecule has 1 aliphatic carbocycles. The summed E-state index contributed by atoms with van der Waals surface area (Å²) >= 11 is 0. The van der Waals surface area contributed by atoms with Gasteiger partial charge in [0.15, 0.2) is 0 Å². The molecule has 1 saturated carbocycles. The van der Waals surface area contributed by atoms with E-state index in [2.05, 4.69) is 0 Å². The second-order valence-corrected chi connectivity index (χ2v) is 4.77. The smallest absolute Gasteiger partial charge is 0.326 e. The first-order valence-corrected chi connectivity index (χ1v) is 6.24. The minimum absolute atomic E-state index is 0.119. The third-order valence-corrected chi connectivity index (χ3v) is 3.62. The van der Waals surface area contributed by atoms with Crippen LogP contribution >= 0.6 is 0 Å². The van der Waals surface area contributed by atoms with Crippen molar-refractivity contribution in [1.82, 2.24) is 4.90 Å². The number of carboxylic acid groups (broad SMARTS) is 1. The molecule has 0 heterocycles. The van der Waals surface area contributed by atoms with E-state index in [9.17, 15) is 9.59 Å². The number of aliphatic carboxylic acids is 1. The molecular formula is C12H22N2O3. The Morgan fingerprint density at radius 3 is 2.47 bits per heavy atom. The summed E-state index contributed by atoms with van der Waals surface area (Å²) in [6, 6.07) is -0.860. The lowest BCUT2D eigenvalue weighted by Crippen LogP contribution is -2.49. The first kappa shape index (κ1) is 14.0. The van der Waals surface area contributed by atoms with E-state index in [4.69, 9.17) is 10.8 Å². The predicted octanol–water partition coefficient (Wildman–Crippen LogP) is 0.825. The monoisotopic (exact) mass is 242 g/mol. The van der Waals surface area contributed by atoms with Crippen LogP contribution in [0.4, 0.5) is 0 Å². The number of likely N-dealkylation sites (N-methyl/N-ethyl adjacent to an activating group) is 1. The maximum atomic E-state index is 12.2. The highest BCUT2D eigenvalue weighted by molar-refractivity contribution is 5.85. The van der Waals surface area contributed by atoms with E-state index in [1.807, 2.05) is 0 Å². The Labute approximate surface area is 102 Å². The van der Waals surface area contributed by atoms with E-state index >= 15 is 0 Å². The van der Waals surface area contributed by atoms with Crippen LogP contribution in [0.3, 0.4) is 0 Å². The highest BCUT2D eigenvalue weighted by Gasteiger charge is 2.34. The van der Waals surface area contributed by atoms with Gasteiger partial charge in [-0.25, -0.2) is 4.79 Å². The molecular weight excluding hydrogens is 220 g/mol. The molecule has 0 radical (unpaired) electrons. The highest BCUT2D eigenvalue weighted by Crippen LogP contribution is 2.25. The van der Waals surface area contributed by atoms with Crippen LogP contribution in [-0.4, -0.2) is 41.0 Å². The summed E-state index contributed by atoms with van der Waals surface area (Å²) in [4.78, 5) is 24.6. The van der Waals surface area contributed by atoms with Gasteiger partial charge < -0.3 is 15.7 Å². The number of carbonyl (C=O) groups is 2. The molecule has 17 heavy (non-hydrogen) atoms. The first-order chi connectivity index (χ1) is 7.99. The third-order valence-electron chi connectivity index (χ3n) is 3.62. The van der Waals surface area contributed by atoms with Gasteiger partial charge in [0.2, 0.25) is 5.91 Å². The van der Waals surface area contributed by atoms with Gasteiger partial charge in [-0.15, -0.1) is 0 Å². The van der Waals surface area contributed by atoms with Gasteiger partial charge in [0.25, 0.3) is 0 Å². The Bertz CT molecular complexity index is 293. The van der Waals surface area contributed by atoms with Crippen LogP contribution in [0.5, 0.6) is 0 Å². The Morgan fingerprint density at radius 1 is 1.41 bits per heavy atom. The van der Waals surface area contributed by atoms with Crippen LogP contribution in [0.25, 0.3) is 0 Å². The van der Waals surface area contributed by atoms with Gasteiger partial charge in [0, 0.05) is 13.1 Å². The minimum atomic E-state index is -0.951. The molecule has 1 rings (SSSR count). The lowest BCUT2D eigenvalue weighted by Gasteiger charge is -2.33. The second-order valence-electron chi connectivity index (χ2n) is 4.77. The molecule has 1 fully saturated rings. The molecule has 0 aliphatic heterocycles. The summed E-state index contributed by atoms with van der Waals surface area (Å²) in [6.07, 6.45) is 4.11. The fourth-order valence-electron chi connectivity index (χ4n) is 2.50. The Morgan fingerprint density at radius 2 is 2.00 bits per heavy atom. The summed E-state index contributed by atoms with van der Waals surface area (Å²) in [5.41, 5.74) is 5.94. The van der Waals surface area contributed by atoms with Gasteiger partial charge in [-0.05, 0) is 19.3 Å². The molecule has 3 N–H and O–H groups in total. The van der Waals surface area contributed by atoms with E-state index in [0.29, 0.717) is 6.42 Å². The molecule has 0 spiro atoms. The minimum Gasteiger partial charge on any atom is -0.480 e. The lowest BCUT2D eigenvalue weighted by molar-refractivity contribution is -0.151. The van der Waals surface area contributed by atoms with Crippen LogP contribution in [0.1, 0.15) is 39.0 Å². The zero-order valence-corrected chi connectivity index (χ0v) is 10.6. The van der Waals surface area contributed by atoms with Crippen LogP contribution in [0, 0.1) is 5.92 Å². The summed E-state index contributed by atoms with van der Waals surface area (Å²) in [6.45, 7) is 1.77. The van der Waals surface area contributed by atoms with Crippen LogP contribution in [0.2, 0.25) is 0 Å². The molecule has 0 aromatic rings. The first-order valence-electron chi connectivity index (χ1n) is 6.24. The zero-order chi connectivity index (χ0) is 13.0. The molecule has 1 amide bonds. The van der Waals surface area contributed by atoms with Crippen molar-refractivity contribution >= 4 is 11.9 Å². The van der Waals surface area contributed by atoms with Gasteiger partial charge in [0.05, 0.1) is 5.92 Å². The fraction of sp³-hybridized carbons (Fsp3) is 0.833. The SMILES string of the molecule is CCC(C(=O)O)N(C)C(=O)C1CCCCC1N. The van der Waals surface area contributed by atoms with Crippen molar-refractivity contribution in [3.05, 3.63) is 0 Å². The van der Waals surface area contributed by atoms with E-state index < -0.39 is 12.0 Å². The number of hydrogen-bond acceptors (Lipinski definition) is 3. The lowest BCUT2D eigenvalue weighted by atomic mass is 9.84. The van der Waals surface area contributed by atoms with Gasteiger partial charge in [-0.3, -0.25) is 4.79 Å². The number of nitrogens with zero attached hydrogens (tertiary/aromatic N) is 1. The van der Waals surface area contributed by atoms with Crippen molar-refractivity contribution < 1.29 is 14.7 Å². The Hall–Kier alpha value is -1.10. The summed E-state index contributed by atoms with van der Waals surface area (Å²) in [7, 11) is 1.56. The van der Waals surface area contributed by atoms with E-state index in [1.165, 1.54) is 4.90 Å². The molecule has 1 aliphatic rings. The largest absolute Gasteiger partial charge is 0.480 e. The standard InChI is InChI=1S/C12H22N2O3/c1-3-10(12(16)17)14(2)11(15)8-6-4-5-7-9(8)13/h8-10H,3-7,13H2,1-2H3,(H,16,17). The van der Waals surface area contributed by atoms with Crippen molar-refractivity contribution in [3.63, 3.8) is 0 Å². The average molecular weight is 242 g/mol. The third kappa shape index (κ3) is 3.19. The van der Waals surface area contributed by atoms with Gasteiger partial charge in [0.1, 0.15) is 6.04 Å². The maximum Gasteiger partial charge on any atom is 0.326 e. The van der Waals surface area contributed by atoms with Crippen molar-refractivity contribution in [2.75, 3.05) is 7.05 Å². The molecule has 3 atom stereocenters. The number of rotatable bonds is 4. The Balaban J connectivity index is 2.70. The molecule has 5 heteroatoms. The van der Waals surface area contributed by atoms with Crippen molar-refractivity contribution in [2.24, 2.45) is 11.7 Å². The van der Waals surface area contributed by atoms with Crippen molar-refractivity contribution in [3.8, 4) is 0 Å². The quantitative estimate of drug-likeness (QED) is 0.764. The number of hydrogen-bond donors (Lipinski definition) is 2.